The van der Waals surface area contributed by atoms with Gasteiger partial charge in [0.05, 0.1) is 25.8 Å². The van der Waals surface area contributed by atoms with Crippen LogP contribution in [0.3, 0.4) is 0 Å². The first-order chi connectivity index (χ1) is 11.6. The zero-order chi connectivity index (χ0) is 17.1. The molecule has 3 rings (SSSR count). The number of hydrogen-bond donors (Lipinski definition) is 1. The van der Waals surface area contributed by atoms with E-state index in [1.54, 1.807) is 25.3 Å². The van der Waals surface area contributed by atoms with Crippen LogP contribution in [0.4, 0.5) is 5.69 Å². The van der Waals surface area contributed by atoms with Crippen molar-refractivity contribution in [2.24, 2.45) is 5.92 Å². The predicted octanol–water partition coefficient (Wildman–Crippen LogP) is 1.62. The van der Waals surface area contributed by atoms with Gasteiger partial charge in [-0.2, -0.15) is 0 Å². The molecule has 0 unspecified atom stereocenters. The number of nitrogens with zero attached hydrogens (tertiary/aromatic N) is 2. The van der Waals surface area contributed by atoms with Gasteiger partial charge < -0.3 is 14.8 Å². The second kappa shape index (κ2) is 6.96. The standard InChI is InChI=1S/C16H17N3O4S/c1-22-11-3-4-12(13(7-11)23-2)18-15(21)10-8-19-14(20)5-6-17-16(19)24-9-10/h3-7,10H,8-9H2,1-2H3,(H,18,21)/t10-/m1/s1. The molecule has 1 N–H and O–H groups in total. The molecule has 0 bridgehead atoms. The summed E-state index contributed by atoms with van der Waals surface area (Å²) in [7, 11) is 3.10. The van der Waals surface area contributed by atoms with Crippen molar-refractivity contribution in [3.05, 3.63) is 40.8 Å². The number of nitrogens with one attached hydrogen (secondary N) is 1. The minimum Gasteiger partial charge on any atom is -0.497 e. The van der Waals surface area contributed by atoms with E-state index < -0.39 is 0 Å². The molecular weight excluding hydrogens is 330 g/mol. The average Bonchev–Trinajstić information content (AvgIpc) is 2.62. The van der Waals surface area contributed by atoms with Gasteiger partial charge in [0.1, 0.15) is 11.5 Å². The summed E-state index contributed by atoms with van der Waals surface area (Å²) < 4.78 is 12.0. The largest absolute Gasteiger partial charge is 0.497 e. The van der Waals surface area contributed by atoms with Crippen LogP contribution in [0.5, 0.6) is 11.5 Å². The third-order valence-corrected chi connectivity index (χ3v) is 4.91. The van der Waals surface area contributed by atoms with Crippen molar-refractivity contribution in [1.29, 1.82) is 0 Å². The van der Waals surface area contributed by atoms with Crippen molar-refractivity contribution >= 4 is 23.4 Å². The molecule has 1 aromatic carbocycles. The number of hydrogen-bond acceptors (Lipinski definition) is 6. The number of thioether (sulfide) groups is 1. The van der Waals surface area contributed by atoms with Crippen LogP contribution < -0.4 is 20.3 Å². The molecule has 1 aromatic heterocycles. The van der Waals surface area contributed by atoms with Gasteiger partial charge in [0.15, 0.2) is 5.16 Å². The third kappa shape index (κ3) is 3.23. The second-order valence-electron chi connectivity index (χ2n) is 5.24. The van der Waals surface area contributed by atoms with Gasteiger partial charge in [-0.15, -0.1) is 0 Å². The van der Waals surface area contributed by atoms with Gasteiger partial charge in [-0.05, 0) is 12.1 Å². The molecule has 1 atom stereocenters. The van der Waals surface area contributed by atoms with Crippen molar-refractivity contribution in [3.63, 3.8) is 0 Å². The molecule has 8 heteroatoms. The lowest BCUT2D eigenvalue weighted by atomic mass is 10.1. The van der Waals surface area contributed by atoms with Crippen LogP contribution in [0.1, 0.15) is 0 Å². The molecule has 2 heterocycles. The fraction of sp³-hybridized carbons (Fsp3) is 0.312. The summed E-state index contributed by atoms with van der Waals surface area (Å²) in [6, 6.07) is 6.58. The second-order valence-corrected chi connectivity index (χ2v) is 6.23. The van der Waals surface area contributed by atoms with Gasteiger partial charge in [-0.3, -0.25) is 14.2 Å². The Hall–Kier alpha value is -2.48. The summed E-state index contributed by atoms with van der Waals surface area (Å²) in [6.45, 7) is 0.319. The number of carbonyl (C=O) groups is 1. The number of anilines is 1. The van der Waals surface area contributed by atoms with Crippen molar-refractivity contribution in [2.75, 3.05) is 25.3 Å². The van der Waals surface area contributed by atoms with E-state index in [2.05, 4.69) is 10.3 Å². The Morgan fingerprint density at radius 3 is 2.92 bits per heavy atom. The quantitative estimate of drug-likeness (QED) is 0.847. The van der Waals surface area contributed by atoms with E-state index >= 15 is 0 Å². The van der Waals surface area contributed by atoms with E-state index in [0.29, 0.717) is 34.6 Å². The zero-order valence-corrected chi connectivity index (χ0v) is 14.1. The molecule has 0 aliphatic carbocycles. The highest BCUT2D eigenvalue weighted by atomic mass is 32.2. The number of amides is 1. The summed E-state index contributed by atoms with van der Waals surface area (Å²) in [5.41, 5.74) is 0.421. The van der Waals surface area contributed by atoms with Crippen LogP contribution in [-0.2, 0) is 11.3 Å². The van der Waals surface area contributed by atoms with Crippen LogP contribution >= 0.6 is 11.8 Å². The third-order valence-electron chi connectivity index (χ3n) is 3.75. The first-order valence-corrected chi connectivity index (χ1v) is 8.32. The van der Waals surface area contributed by atoms with Crippen molar-refractivity contribution in [3.8, 4) is 11.5 Å². The maximum Gasteiger partial charge on any atom is 0.254 e. The van der Waals surface area contributed by atoms with Crippen molar-refractivity contribution < 1.29 is 14.3 Å². The normalized spacial score (nSPS) is 16.2. The molecule has 2 aromatic rings. The van der Waals surface area contributed by atoms with Gasteiger partial charge in [0, 0.05) is 30.6 Å². The highest BCUT2D eigenvalue weighted by Gasteiger charge is 2.27. The predicted molar refractivity (Wildman–Crippen MR) is 90.9 cm³/mol. The van der Waals surface area contributed by atoms with Crippen molar-refractivity contribution in [1.82, 2.24) is 9.55 Å². The number of aromatic nitrogens is 2. The van der Waals surface area contributed by atoms with Crippen LogP contribution in [0.25, 0.3) is 0 Å². The van der Waals surface area contributed by atoms with E-state index in [1.165, 1.54) is 35.7 Å². The monoisotopic (exact) mass is 347 g/mol. The smallest absolute Gasteiger partial charge is 0.254 e. The molecule has 24 heavy (non-hydrogen) atoms. The van der Waals surface area contributed by atoms with Crippen LogP contribution in [-0.4, -0.2) is 35.4 Å². The number of benzene rings is 1. The highest BCUT2D eigenvalue weighted by molar-refractivity contribution is 7.99. The topological polar surface area (TPSA) is 82.5 Å². The maximum absolute atomic E-state index is 12.6. The van der Waals surface area contributed by atoms with Gasteiger partial charge in [0.2, 0.25) is 5.91 Å². The molecule has 0 saturated carbocycles. The minimum absolute atomic E-state index is 0.146. The summed E-state index contributed by atoms with van der Waals surface area (Å²) in [5, 5.41) is 3.51. The molecule has 0 saturated heterocycles. The Morgan fingerprint density at radius 2 is 2.17 bits per heavy atom. The lowest BCUT2D eigenvalue weighted by molar-refractivity contribution is -0.119. The summed E-state index contributed by atoms with van der Waals surface area (Å²) in [6.07, 6.45) is 1.49. The van der Waals surface area contributed by atoms with Gasteiger partial charge in [-0.1, -0.05) is 11.8 Å². The molecule has 7 nitrogen and oxygen atoms in total. The molecule has 1 aliphatic heterocycles. The van der Waals surface area contributed by atoms with E-state index in [4.69, 9.17) is 9.47 Å². The molecule has 1 aliphatic rings. The minimum atomic E-state index is -0.323. The van der Waals surface area contributed by atoms with E-state index in [9.17, 15) is 9.59 Å². The zero-order valence-electron chi connectivity index (χ0n) is 13.3. The molecule has 126 valence electrons. The first kappa shape index (κ1) is 16.4. The summed E-state index contributed by atoms with van der Waals surface area (Å²) >= 11 is 1.41. The Labute approximate surface area is 143 Å². The lowest BCUT2D eigenvalue weighted by Gasteiger charge is -2.24. The van der Waals surface area contributed by atoms with Crippen LogP contribution in [0.2, 0.25) is 0 Å². The van der Waals surface area contributed by atoms with E-state index in [0.717, 1.165) is 0 Å². The van der Waals surface area contributed by atoms with E-state index in [-0.39, 0.29) is 17.4 Å². The van der Waals surface area contributed by atoms with Crippen molar-refractivity contribution in [2.45, 2.75) is 11.7 Å². The molecule has 0 fully saturated rings. The Balaban J connectivity index is 1.77. The molecule has 0 spiro atoms. The van der Waals surface area contributed by atoms with Gasteiger partial charge in [0.25, 0.3) is 5.56 Å². The molecule has 1 amide bonds. The van der Waals surface area contributed by atoms with E-state index in [1.807, 2.05) is 0 Å². The lowest BCUT2D eigenvalue weighted by Crippen LogP contribution is -2.36. The average molecular weight is 347 g/mol. The van der Waals surface area contributed by atoms with Crippen LogP contribution in [0.15, 0.2) is 40.4 Å². The number of carbonyl (C=O) groups excluding carboxylic acids is 1. The highest BCUT2D eigenvalue weighted by Crippen LogP contribution is 2.31. The van der Waals surface area contributed by atoms with Crippen LogP contribution in [0, 0.1) is 5.92 Å². The Bertz CT molecular complexity index is 821. The Morgan fingerprint density at radius 1 is 1.33 bits per heavy atom. The first-order valence-electron chi connectivity index (χ1n) is 7.34. The number of methoxy groups -OCH3 is 2. The van der Waals surface area contributed by atoms with Gasteiger partial charge in [-0.25, -0.2) is 4.98 Å². The summed E-state index contributed by atoms with van der Waals surface area (Å²) in [5.74, 6) is 1.25. The Kier molecular flexibility index (Phi) is 4.75. The fourth-order valence-corrected chi connectivity index (χ4v) is 3.51. The molecular formula is C16H17N3O4S. The number of rotatable bonds is 4. The number of fused-ring (bicyclic) bond motifs is 1. The summed E-state index contributed by atoms with van der Waals surface area (Å²) in [4.78, 5) is 28.6. The maximum atomic E-state index is 12.6. The number of ether oxygens (including phenoxy) is 2. The fourth-order valence-electron chi connectivity index (χ4n) is 2.45. The van der Waals surface area contributed by atoms with Gasteiger partial charge >= 0.3 is 0 Å². The molecule has 0 radical (unpaired) electrons. The SMILES string of the molecule is COc1ccc(NC(=O)[C@H]2CSc3nccc(=O)n3C2)c(OC)c1.